The molecule has 4 N–H and O–H groups in total. The monoisotopic (exact) mass is 528 g/mol. The molecule has 10 nitrogen and oxygen atoms in total. The normalized spacial score (nSPS) is 11.9. The largest absolute Gasteiger partial charge is 0.480 e. The van der Waals surface area contributed by atoms with Crippen molar-refractivity contribution in [1.82, 2.24) is 14.8 Å². The number of fused-ring (bicyclic) bond motifs is 1. The van der Waals surface area contributed by atoms with Crippen molar-refractivity contribution >= 4 is 34.4 Å². The smallest absolute Gasteiger partial charge is 0.417 e. The number of alkyl halides is 3. The lowest BCUT2D eigenvalue weighted by molar-refractivity contribution is -0.140. The number of aliphatic carboxylic acids is 2. The lowest BCUT2D eigenvalue weighted by atomic mass is 9.98. The van der Waals surface area contributed by atoms with Crippen LogP contribution in [-0.4, -0.2) is 82.1 Å². The fourth-order valence-corrected chi connectivity index (χ4v) is 4.23. The second-order valence-electron chi connectivity index (χ2n) is 8.64. The first-order valence-electron chi connectivity index (χ1n) is 11.7. The Morgan fingerprint density at radius 3 is 2.11 bits per heavy atom. The number of carbonyl (C=O) groups excluding carboxylic acids is 1. The highest BCUT2D eigenvalue weighted by atomic mass is 19.4. The summed E-state index contributed by atoms with van der Waals surface area (Å²) < 4.78 is 41.1. The van der Waals surface area contributed by atoms with Gasteiger partial charge in [-0.2, -0.15) is 13.2 Å². The van der Waals surface area contributed by atoms with Crippen molar-refractivity contribution in [2.45, 2.75) is 39.8 Å². The number of anilines is 1. The Kier molecular flexibility index (Phi) is 10.2. The van der Waals surface area contributed by atoms with E-state index in [1.807, 2.05) is 6.92 Å². The molecule has 0 atom stereocenters. The molecule has 0 bridgehead atoms. The molecule has 0 spiro atoms. The van der Waals surface area contributed by atoms with Gasteiger partial charge in [-0.05, 0) is 37.9 Å². The number of hydrogen-bond acceptors (Lipinski definition) is 6. The molecule has 0 saturated heterocycles. The topological polar surface area (TPSA) is 143 Å². The highest BCUT2D eigenvalue weighted by Crippen LogP contribution is 2.37. The van der Waals surface area contributed by atoms with Crippen molar-refractivity contribution in [3.63, 3.8) is 0 Å². The van der Waals surface area contributed by atoms with Crippen LogP contribution in [0.3, 0.4) is 0 Å². The average molecular weight is 529 g/mol. The summed E-state index contributed by atoms with van der Waals surface area (Å²) in [6.07, 6.45) is -3.87. The Morgan fingerprint density at radius 2 is 1.57 bits per heavy atom. The lowest BCUT2D eigenvalue weighted by Gasteiger charge is -2.25. The van der Waals surface area contributed by atoms with Gasteiger partial charge >= 0.3 is 18.1 Å². The van der Waals surface area contributed by atoms with Gasteiger partial charge in [0.2, 0.25) is 5.91 Å². The van der Waals surface area contributed by atoms with Gasteiger partial charge in [0.05, 0.1) is 30.7 Å². The van der Waals surface area contributed by atoms with Gasteiger partial charge in [0, 0.05) is 29.7 Å². The van der Waals surface area contributed by atoms with Crippen LogP contribution in [0.15, 0.2) is 16.9 Å². The number of amides is 1. The number of aromatic amines is 1. The Morgan fingerprint density at radius 1 is 0.973 bits per heavy atom. The number of aryl methyl sites for hydroxylation is 1. The fraction of sp³-hybridized carbons (Fsp3) is 0.500. The number of hydrogen-bond donors (Lipinski definition) is 4. The van der Waals surface area contributed by atoms with E-state index >= 15 is 0 Å². The van der Waals surface area contributed by atoms with E-state index < -0.39 is 47.3 Å². The Balaban J connectivity index is 2.31. The molecule has 37 heavy (non-hydrogen) atoms. The molecular weight excluding hydrogens is 497 g/mol. The predicted molar refractivity (Wildman–Crippen MR) is 131 cm³/mol. The van der Waals surface area contributed by atoms with Gasteiger partial charge in [-0.15, -0.1) is 0 Å². The third-order valence-corrected chi connectivity index (χ3v) is 5.80. The minimum Gasteiger partial charge on any atom is -0.480 e. The van der Waals surface area contributed by atoms with Crippen molar-refractivity contribution in [3.8, 4) is 0 Å². The number of nitrogens with one attached hydrogen (secondary N) is 2. The summed E-state index contributed by atoms with van der Waals surface area (Å²) in [4.78, 5) is 52.9. The lowest BCUT2D eigenvalue weighted by Crippen LogP contribution is -2.43. The molecule has 2 rings (SSSR count). The fourth-order valence-electron chi connectivity index (χ4n) is 4.23. The molecule has 0 aliphatic carbocycles. The molecule has 13 heteroatoms. The average Bonchev–Trinajstić information content (AvgIpc) is 2.76. The number of rotatable bonds is 13. The van der Waals surface area contributed by atoms with Crippen LogP contribution in [0.2, 0.25) is 0 Å². The van der Waals surface area contributed by atoms with Gasteiger partial charge in [0.1, 0.15) is 0 Å². The van der Waals surface area contributed by atoms with Crippen molar-refractivity contribution in [3.05, 3.63) is 39.2 Å². The second kappa shape index (κ2) is 12.7. The molecule has 0 unspecified atom stereocenters. The summed E-state index contributed by atoms with van der Waals surface area (Å²) in [5.41, 5.74) is -1.92. The van der Waals surface area contributed by atoms with E-state index in [9.17, 15) is 37.5 Å². The first kappa shape index (κ1) is 29.8. The summed E-state index contributed by atoms with van der Waals surface area (Å²) >= 11 is 0. The van der Waals surface area contributed by atoms with E-state index in [0.717, 1.165) is 6.92 Å². The molecule has 1 amide bonds. The second-order valence-corrected chi connectivity index (χ2v) is 8.64. The number of H-pyrrole nitrogens is 1. The number of carboxylic acid groups (broad SMARTS) is 2. The maximum Gasteiger partial charge on any atom is 0.417 e. The maximum absolute atomic E-state index is 13.7. The number of carboxylic acids is 2. The van der Waals surface area contributed by atoms with E-state index in [1.54, 1.807) is 11.8 Å². The van der Waals surface area contributed by atoms with Gasteiger partial charge < -0.3 is 20.5 Å². The third-order valence-electron chi connectivity index (χ3n) is 5.80. The van der Waals surface area contributed by atoms with Crippen LogP contribution in [0.1, 0.15) is 37.0 Å². The molecule has 0 saturated carbocycles. The molecule has 0 aliphatic rings. The number of aromatic nitrogens is 1. The zero-order valence-electron chi connectivity index (χ0n) is 20.9. The van der Waals surface area contributed by atoms with Gasteiger partial charge in [-0.3, -0.25) is 29.0 Å². The van der Waals surface area contributed by atoms with Crippen molar-refractivity contribution < 1.29 is 37.8 Å². The molecule has 204 valence electrons. The van der Waals surface area contributed by atoms with Crippen molar-refractivity contribution in [2.75, 3.05) is 44.6 Å². The molecule has 0 fully saturated rings. The van der Waals surface area contributed by atoms with Crippen LogP contribution in [-0.2, 0) is 27.0 Å². The molecule has 0 radical (unpaired) electrons. The number of benzene rings is 1. The van der Waals surface area contributed by atoms with E-state index in [-0.39, 0.29) is 49.2 Å². The number of pyridine rings is 1. The summed E-state index contributed by atoms with van der Waals surface area (Å²) in [6, 6.07) is 2.50. The van der Waals surface area contributed by atoms with Crippen LogP contribution in [0.5, 0.6) is 0 Å². The zero-order chi connectivity index (χ0) is 27.9. The first-order chi connectivity index (χ1) is 17.3. The van der Waals surface area contributed by atoms with Gasteiger partial charge in [0.15, 0.2) is 0 Å². The number of carbonyl (C=O) groups is 3. The first-order valence-corrected chi connectivity index (χ1v) is 11.7. The highest BCUT2D eigenvalue weighted by Gasteiger charge is 2.36. The van der Waals surface area contributed by atoms with Crippen LogP contribution in [0.25, 0.3) is 10.9 Å². The Bertz CT molecular complexity index is 1210. The van der Waals surface area contributed by atoms with Crippen molar-refractivity contribution in [1.29, 1.82) is 0 Å². The molecule has 1 aromatic heterocycles. The Labute approximate surface area is 211 Å². The number of nitrogens with zero attached hydrogens (tertiary/aromatic N) is 2. The van der Waals surface area contributed by atoms with E-state index in [4.69, 9.17) is 5.11 Å². The van der Waals surface area contributed by atoms with E-state index in [0.29, 0.717) is 18.5 Å². The zero-order valence-corrected chi connectivity index (χ0v) is 20.9. The minimum atomic E-state index is -4.75. The quantitative estimate of drug-likeness (QED) is 0.311. The maximum atomic E-state index is 13.7. The van der Waals surface area contributed by atoms with E-state index in [2.05, 4.69) is 10.3 Å². The minimum absolute atomic E-state index is 0.0329. The van der Waals surface area contributed by atoms with Gasteiger partial charge in [0.25, 0.3) is 5.56 Å². The third kappa shape index (κ3) is 8.02. The van der Waals surface area contributed by atoms with Gasteiger partial charge in [-0.1, -0.05) is 19.9 Å². The summed E-state index contributed by atoms with van der Waals surface area (Å²) in [5.74, 6) is -2.82. The molecule has 1 heterocycles. The standard InChI is InChI=1S/C24H31F3N4O6/c1-4-8-30(12-19(33)34)9-10-31(13-20(35)36)11-18(32)28-17-7-6-16-21(24(25,26)27)14(3)23(37)29-22(16)15(17)5-2/h6-7H,4-5,8-13H2,1-3H3,(H,28,32)(H,29,37)(H,33,34)(H,35,36). The van der Waals surface area contributed by atoms with Crippen LogP contribution < -0.4 is 10.9 Å². The molecule has 1 aromatic carbocycles. The summed E-state index contributed by atoms with van der Waals surface area (Å²) in [5, 5.41) is 20.7. The SMILES string of the molecule is CCCN(CCN(CC(=O)O)CC(=O)Nc1ccc2c(C(F)(F)F)c(C)c(=O)[nH]c2c1CC)CC(=O)O. The molecule has 2 aromatic rings. The van der Waals surface area contributed by atoms with Gasteiger partial charge in [-0.25, -0.2) is 0 Å². The highest BCUT2D eigenvalue weighted by molar-refractivity contribution is 5.98. The predicted octanol–water partition coefficient (Wildman–Crippen LogP) is 2.54. The van der Waals surface area contributed by atoms with E-state index in [1.165, 1.54) is 17.0 Å². The Hall–Kier alpha value is -3.45. The summed E-state index contributed by atoms with van der Waals surface area (Å²) in [7, 11) is 0. The van der Waals surface area contributed by atoms with Crippen LogP contribution in [0, 0.1) is 6.92 Å². The molecular formula is C24H31F3N4O6. The van der Waals surface area contributed by atoms with Crippen molar-refractivity contribution in [2.24, 2.45) is 0 Å². The van der Waals surface area contributed by atoms with Crippen LogP contribution in [0.4, 0.5) is 18.9 Å². The summed E-state index contributed by atoms with van der Waals surface area (Å²) in [6.45, 7) is 4.39. The molecule has 0 aliphatic heterocycles. The van der Waals surface area contributed by atoms with Crippen LogP contribution >= 0.6 is 0 Å². The number of halogens is 3.